The smallest absolute Gasteiger partial charge is 0.251 e. The summed E-state index contributed by atoms with van der Waals surface area (Å²) in [6.45, 7) is 6.82. The van der Waals surface area contributed by atoms with Gasteiger partial charge in [-0.3, -0.25) is 29.0 Å². The molecule has 0 unspecified atom stereocenters. The van der Waals surface area contributed by atoms with Gasteiger partial charge in [-0.15, -0.1) is 0 Å². The second-order valence-corrected chi connectivity index (χ2v) is 9.51. The average molecular weight is 521 g/mol. The van der Waals surface area contributed by atoms with E-state index in [0.717, 1.165) is 0 Å². The maximum Gasteiger partial charge on any atom is 0.251 e. The normalized spacial score (nSPS) is 23.0. The third-order valence-electron chi connectivity index (χ3n) is 7.25. The lowest BCUT2D eigenvalue weighted by atomic mass is 10.1. The van der Waals surface area contributed by atoms with Gasteiger partial charge in [0.25, 0.3) is 11.8 Å². The maximum atomic E-state index is 13.3. The Morgan fingerprint density at radius 2 is 1.05 bits per heavy atom. The molecule has 3 fully saturated rings. The number of amides is 4. The summed E-state index contributed by atoms with van der Waals surface area (Å²) in [6.07, 6.45) is 0.227. The molecule has 3 saturated heterocycles. The van der Waals surface area contributed by atoms with Gasteiger partial charge in [0.2, 0.25) is 11.8 Å². The zero-order chi connectivity index (χ0) is 26.8. The van der Waals surface area contributed by atoms with Crippen LogP contribution in [0.2, 0.25) is 0 Å². The van der Waals surface area contributed by atoms with E-state index < -0.39 is 12.1 Å². The highest BCUT2D eigenvalue weighted by molar-refractivity contribution is 6.23. The molecule has 38 heavy (non-hydrogen) atoms. The van der Waals surface area contributed by atoms with E-state index in [-0.39, 0.29) is 36.5 Å². The zero-order valence-electron chi connectivity index (χ0n) is 21.7. The van der Waals surface area contributed by atoms with Crippen LogP contribution >= 0.6 is 0 Å². The van der Waals surface area contributed by atoms with Crippen LogP contribution in [0.1, 0.15) is 26.7 Å². The van der Waals surface area contributed by atoms with Gasteiger partial charge in [-0.1, -0.05) is 12.1 Å². The highest BCUT2D eigenvalue weighted by Gasteiger charge is 2.46. The number of nitrogens with zero attached hydrogens (tertiary/aromatic N) is 4. The van der Waals surface area contributed by atoms with Gasteiger partial charge < -0.3 is 9.47 Å². The number of piperazine rings is 1. The van der Waals surface area contributed by atoms with Crippen LogP contribution in [-0.2, 0) is 19.2 Å². The van der Waals surface area contributed by atoms with E-state index in [4.69, 9.17) is 9.47 Å². The number of carbonyl (C=O) groups is 4. The molecule has 0 saturated carbocycles. The molecule has 2 aromatic rings. The lowest BCUT2D eigenvalue weighted by Gasteiger charge is -2.38. The Labute approximate surface area is 221 Å². The van der Waals surface area contributed by atoms with E-state index in [1.165, 1.54) is 9.80 Å². The predicted molar refractivity (Wildman–Crippen MR) is 140 cm³/mol. The number of hydrogen-bond acceptors (Lipinski definition) is 8. The van der Waals surface area contributed by atoms with Gasteiger partial charge >= 0.3 is 0 Å². The van der Waals surface area contributed by atoms with Crippen molar-refractivity contribution >= 4 is 35.0 Å². The second-order valence-electron chi connectivity index (χ2n) is 9.51. The average Bonchev–Trinajstić information content (AvgIpc) is 3.38. The molecule has 10 nitrogen and oxygen atoms in total. The third-order valence-corrected chi connectivity index (χ3v) is 7.25. The Hall–Kier alpha value is -3.76. The molecule has 3 aliphatic rings. The summed E-state index contributed by atoms with van der Waals surface area (Å²) in [5.41, 5.74) is 1.02. The fourth-order valence-electron chi connectivity index (χ4n) is 5.46. The second kappa shape index (κ2) is 10.9. The lowest BCUT2D eigenvalue weighted by molar-refractivity contribution is -0.126. The molecule has 4 amide bonds. The van der Waals surface area contributed by atoms with Gasteiger partial charge in [0.1, 0.15) is 11.5 Å². The first kappa shape index (κ1) is 25.9. The van der Waals surface area contributed by atoms with Gasteiger partial charge in [0.05, 0.1) is 49.5 Å². The number of rotatable bonds is 8. The zero-order valence-corrected chi connectivity index (χ0v) is 21.7. The van der Waals surface area contributed by atoms with Crippen molar-refractivity contribution in [2.45, 2.75) is 38.8 Å². The summed E-state index contributed by atoms with van der Waals surface area (Å²) < 4.78 is 11.0. The predicted octanol–water partition coefficient (Wildman–Crippen LogP) is 2.07. The van der Waals surface area contributed by atoms with Gasteiger partial charge in [-0.25, -0.2) is 9.80 Å². The van der Waals surface area contributed by atoms with E-state index in [9.17, 15) is 19.2 Å². The highest BCUT2D eigenvalue weighted by Crippen LogP contribution is 2.31. The van der Waals surface area contributed by atoms with Gasteiger partial charge in [0.15, 0.2) is 0 Å². The molecule has 10 heteroatoms. The summed E-state index contributed by atoms with van der Waals surface area (Å²) in [7, 11) is 0. The fraction of sp³-hybridized carbons (Fsp3) is 0.429. The monoisotopic (exact) mass is 520 g/mol. The van der Waals surface area contributed by atoms with Gasteiger partial charge in [-0.2, -0.15) is 0 Å². The molecule has 0 aliphatic carbocycles. The molecule has 2 atom stereocenters. The minimum atomic E-state index is -0.542. The summed E-state index contributed by atoms with van der Waals surface area (Å²) in [5, 5.41) is 0. The molecule has 3 aliphatic heterocycles. The van der Waals surface area contributed by atoms with Crippen LogP contribution in [0.25, 0.3) is 0 Å². The first-order valence-electron chi connectivity index (χ1n) is 13.1. The van der Waals surface area contributed by atoms with Crippen LogP contribution in [0.4, 0.5) is 11.4 Å². The molecule has 0 spiro atoms. The maximum absolute atomic E-state index is 13.3. The third kappa shape index (κ3) is 4.89. The molecule has 2 aromatic carbocycles. The van der Waals surface area contributed by atoms with E-state index in [2.05, 4.69) is 0 Å². The lowest BCUT2D eigenvalue weighted by Crippen LogP contribution is -2.56. The van der Waals surface area contributed by atoms with Crippen LogP contribution in [0.15, 0.2) is 48.5 Å². The summed E-state index contributed by atoms with van der Waals surface area (Å²) in [5.74, 6) is 0.249. The summed E-state index contributed by atoms with van der Waals surface area (Å²) in [6, 6.07) is 12.9. The summed E-state index contributed by atoms with van der Waals surface area (Å²) in [4.78, 5) is 58.7. The Morgan fingerprint density at radius 3 is 1.42 bits per heavy atom. The number of imide groups is 2. The van der Waals surface area contributed by atoms with E-state index in [1.807, 2.05) is 23.6 Å². The molecule has 200 valence electrons. The van der Waals surface area contributed by atoms with E-state index in [1.54, 1.807) is 48.5 Å². The topological polar surface area (TPSA) is 99.7 Å². The quantitative estimate of drug-likeness (QED) is 0.488. The SMILES string of the molecule is CCOc1cccc(N2C(=O)C[C@H](N3CCN([C@H]4CC(=O)N(c5cccc(OCC)c5)C4=O)CC3)C2=O)c1. The summed E-state index contributed by atoms with van der Waals surface area (Å²) >= 11 is 0. The molecule has 0 aromatic heterocycles. The fourth-order valence-corrected chi connectivity index (χ4v) is 5.46. The number of benzene rings is 2. The Morgan fingerprint density at radius 1 is 0.658 bits per heavy atom. The highest BCUT2D eigenvalue weighted by atomic mass is 16.5. The van der Waals surface area contributed by atoms with Crippen LogP contribution < -0.4 is 19.3 Å². The van der Waals surface area contributed by atoms with Crippen LogP contribution in [0, 0.1) is 0 Å². The van der Waals surface area contributed by atoms with Gasteiger partial charge in [-0.05, 0) is 38.1 Å². The Balaban J connectivity index is 1.22. The molecule has 0 radical (unpaired) electrons. The Bertz CT molecular complexity index is 1150. The van der Waals surface area contributed by atoms with Crippen molar-refractivity contribution in [2.24, 2.45) is 0 Å². The Kier molecular flexibility index (Phi) is 7.44. The standard InChI is InChI=1S/C28H32N4O6/c1-3-37-21-9-5-7-19(15-21)31-25(33)17-23(27(31)35)29-11-13-30(14-12-29)24-18-26(34)32(28(24)36)20-8-6-10-22(16-20)38-4-2/h5-10,15-16,23-24H,3-4,11-14,17-18H2,1-2H3/t23-,24-/m0/s1. The minimum Gasteiger partial charge on any atom is -0.494 e. The van der Waals surface area contributed by atoms with Crippen LogP contribution in [0.3, 0.4) is 0 Å². The van der Waals surface area contributed by atoms with Crippen molar-refractivity contribution < 1.29 is 28.7 Å². The van der Waals surface area contributed by atoms with Crippen molar-refractivity contribution in [1.82, 2.24) is 9.80 Å². The van der Waals surface area contributed by atoms with Crippen molar-refractivity contribution in [3.05, 3.63) is 48.5 Å². The van der Waals surface area contributed by atoms with Crippen molar-refractivity contribution in [2.75, 3.05) is 49.2 Å². The number of carbonyl (C=O) groups excluding carboxylic acids is 4. The first-order chi connectivity index (χ1) is 18.4. The molecule has 0 bridgehead atoms. The number of hydrogen-bond donors (Lipinski definition) is 0. The first-order valence-corrected chi connectivity index (χ1v) is 13.1. The molecular weight excluding hydrogens is 488 g/mol. The van der Waals surface area contributed by atoms with Crippen molar-refractivity contribution in [1.29, 1.82) is 0 Å². The van der Waals surface area contributed by atoms with E-state index in [0.29, 0.717) is 62.3 Å². The molecular formula is C28H32N4O6. The molecule has 5 rings (SSSR count). The van der Waals surface area contributed by atoms with Crippen LogP contribution in [0.5, 0.6) is 11.5 Å². The van der Waals surface area contributed by atoms with Crippen molar-refractivity contribution in [3.8, 4) is 11.5 Å². The number of anilines is 2. The van der Waals surface area contributed by atoms with Crippen LogP contribution in [-0.4, -0.2) is 84.9 Å². The van der Waals surface area contributed by atoms with Crippen molar-refractivity contribution in [3.63, 3.8) is 0 Å². The van der Waals surface area contributed by atoms with E-state index >= 15 is 0 Å². The largest absolute Gasteiger partial charge is 0.494 e. The molecule has 0 N–H and O–H groups in total. The minimum absolute atomic E-state index is 0.114. The van der Waals surface area contributed by atoms with Gasteiger partial charge in [0, 0.05) is 38.3 Å². The molecule has 3 heterocycles. The number of ether oxygens (including phenoxy) is 2.